The lowest BCUT2D eigenvalue weighted by molar-refractivity contribution is 0.186. The first-order valence-electron chi connectivity index (χ1n) is 6.31. The van der Waals surface area contributed by atoms with Crippen molar-refractivity contribution in [2.75, 3.05) is 19.0 Å². The molecule has 2 aromatic rings. The lowest BCUT2D eigenvalue weighted by Gasteiger charge is -2.15. The molecular formula is C14H17ClN2O2S. The molecule has 4 nitrogen and oxygen atoms in total. The molecule has 0 bridgehead atoms. The van der Waals surface area contributed by atoms with E-state index >= 15 is 0 Å². The largest absolute Gasteiger partial charge is 0.383 e. The molecule has 20 heavy (non-hydrogen) atoms. The van der Waals surface area contributed by atoms with Crippen LogP contribution in [0.15, 0.2) is 35.3 Å². The van der Waals surface area contributed by atoms with Crippen molar-refractivity contribution in [3.05, 3.63) is 50.0 Å². The second kappa shape index (κ2) is 6.92. The summed E-state index contributed by atoms with van der Waals surface area (Å²) in [4.78, 5) is 12.9. The van der Waals surface area contributed by atoms with Gasteiger partial charge < -0.3 is 14.6 Å². The van der Waals surface area contributed by atoms with E-state index in [9.17, 15) is 4.79 Å². The van der Waals surface area contributed by atoms with Crippen LogP contribution in [0.25, 0.3) is 0 Å². The zero-order chi connectivity index (χ0) is 14.5. The minimum atomic E-state index is -0.0283. The number of methoxy groups -OCH3 is 1. The molecule has 2 aromatic heterocycles. The highest BCUT2D eigenvalue weighted by Crippen LogP contribution is 2.28. The summed E-state index contributed by atoms with van der Waals surface area (Å²) in [5, 5.41) is 3.37. The van der Waals surface area contributed by atoms with Crippen LogP contribution in [0.5, 0.6) is 0 Å². The number of thiophene rings is 1. The quantitative estimate of drug-likeness (QED) is 0.889. The van der Waals surface area contributed by atoms with Gasteiger partial charge in [0.2, 0.25) is 0 Å². The van der Waals surface area contributed by atoms with Gasteiger partial charge in [-0.3, -0.25) is 4.79 Å². The lowest BCUT2D eigenvalue weighted by Crippen LogP contribution is -2.21. The van der Waals surface area contributed by atoms with Crippen LogP contribution in [-0.2, 0) is 11.3 Å². The third-order valence-corrected chi connectivity index (χ3v) is 4.34. The van der Waals surface area contributed by atoms with E-state index in [0.717, 1.165) is 14.9 Å². The Hall–Kier alpha value is -1.30. The number of anilines is 1. The van der Waals surface area contributed by atoms with Crippen molar-refractivity contribution in [2.45, 2.75) is 19.5 Å². The minimum Gasteiger partial charge on any atom is -0.383 e. The summed E-state index contributed by atoms with van der Waals surface area (Å²) < 4.78 is 7.42. The molecule has 2 rings (SSSR count). The van der Waals surface area contributed by atoms with Gasteiger partial charge in [-0.15, -0.1) is 11.3 Å². The van der Waals surface area contributed by atoms with Crippen LogP contribution in [0.1, 0.15) is 17.8 Å². The molecule has 0 spiro atoms. The van der Waals surface area contributed by atoms with Gasteiger partial charge in [0.05, 0.1) is 22.7 Å². The Bertz CT molecular complexity index is 624. The number of aromatic nitrogens is 1. The van der Waals surface area contributed by atoms with Crippen molar-refractivity contribution >= 4 is 28.6 Å². The number of hydrogen-bond donors (Lipinski definition) is 1. The number of nitrogens with zero attached hydrogens (tertiary/aromatic N) is 1. The molecule has 1 N–H and O–H groups in total. The van der Waals surface area contributed by atoms with Crippen LogP contribution >= 0.6 is 22.9 Å². The van der Waals surface area contributed by atoms with Crippen molar-refractivity contribution < 1.29 is 4.74 Å². The van der Waals surface area contributed by atoms with Crippen LogP contribution in [-0.4, -0.2) is 18.3 Å². The van der Waals surface area contributed by atoms with Gasteiger partial charge in [-0.1, -0.05) is 11.6 Å². The number of pyridine rings is 1. The molecule has 0 saturated heterocycles. The summed E-state index contributed by atoms with van der Waals surface area (Å²) in [7, 11) is 1.62. The Kier molecular flexibility index (Phi) is 5.23. The molecule has 2 heterocycles. The fraction of sp³-hybridized carbons (Fsp3) is 0.357. The number of rotatable bonds is 6. The monoisotopic (exact) mass is 312 g/mol. The highest BCUT2D eigenvalue weighted by Gasteiger charge is 2.08. The smallest absolute Gasteiger partial charge is 0.250 e. The molecule has 0 saturated carbocycles. The van der Waals surface area contributed by atoms with Crippen LogP contribution in [0.2, 0.25) is 4.34 Å². The van der Waals surface area contributed by atoms with E-state index in [1.54, 1.807) is 35.1 Å². The highest BCUT2D eigenvalue weighted by atomic mass is 35.5. The first-order valence-corrected chi connectivity index (χ1v) is 7.51. The van der Waals surface area contributed by atoms with Crippen LogP contribution in [0, 0.1) is 0 Å². The van der Waals surface area contributed by atoms with Crippen molar-refractivity contribution in [2.24, 2.45) is 0 Å². The SMILES string of the molecule is COCCn1cc(NC(C)c2ccc(Cl)s2)ccc1=O. The number of ether oxygens (including phenoxy) is 1. The summed E-state index contributed by atoms with van der Waals surface area (Å²) in [6.45, 7) is 3.12. The van der Waals surface area contributed by atoms with Crippen molar-refractivity contribution in [1.82, 2.24) is 4.57 Å². The Labute approximate surface area is 127 Å². The van der Waals surface area contributed by atoms with Crippen LogP contribution < -0.4 is 10.9 Å². The Balaban J connectivity index is 2.11. The van der Waals surface area contributed by atoms with E-state index in [1.165, 1.54) is 0 Å². The van der Waals surface area contributed by atoms with Gasteiger partial charge in [0.25, 0.3) is 5.56 Å². The summed E-state index contributed by atoms with van der Waals surface area (Å²) in [6.07, 6.45) is 1.81. The maximum absolute atomic E-state index is 11.7. The molecule has 1 unspecified atom stereocenters. The van der Waals surface area contributed by atoms with Gasteiger partial charge in [-0.2, -0.15) is 0 Å². The fourth-order valence-corrected chi connectivity index (χ4v) is 2.93. The molecule has 0 radical (unpaired) electrons. The van der Waals surface area contributed by atoms with Crippen molar-refractivity contribution in [1.29, 1.82) is 0 Å². The van der Waals surface area contributed by atoms with Gasteiger partial charge in [0.1, 0.15) is 0 Å². The third kappa shape index (κ3) is 3.85. The number of halogens is 1. The number of nitrogens with one attached hydrogen (secondary N) is 1. The highest BCUT2D eigenvalue weighted by molar-refractivity contribution is 7.16. The van der Waals surface area contributed by atoms with E-state index in [0.29, 0.717) is 13.2 Å². The first kappa shape index (κ1) is 15.1. The average molecular weight is 313 g/mol. The Morgan fingerprint density at radius 2 is 2.20 bits per heavy atom. The molecule has 6 heteroatoms. The second-order valence-corrected chi connectivity index (χ2v) is 6.20. The summed E-state index contributed by atoms with van der Waals surface area (Å²) >= 11 is 7.49. The first-order chi connectivity index (χ1) is 9.60. The number of hydrogen-bond acceptors (Lipinski definition) is 4. The van der Waals surface area contributed by atoms with E-state index in [2.05, 4.69) is 12.2 Å². The van der Waals surface area contributed by atoms with Gasteiger partial charge in [-0.25, -0.2) is 0 Å². The molecule has 0 amide bonds. The topological polar surface area (TPSA) is 43.3 Å². The lowest BCUT2D eigenvalue weighted by atomic mass is 10.2. The molecule has 0 aromatic carbocycles. The zero-order valence-corrected chi connectivity index (χ0v) is 13.0. The van der Waals surface area contributed by atoms with Gasteiger partial charge in [-0.05, 0) is 25.1 Å². The Morgan fingerprint density at radius 1 is 1.40 bits per heavy atom. The molecule has 0 aliphatic rings. The van der Waals surface area contributed by atoms with Crippen LogP contribution in [0.4, 0.5) is 5.69 Å². The predicted molar refractivity (Wildman–Crippen MR) is 83.9 cm³/mol. The zero-order valence-electron chi connectivity index (χ0n) is 11.4. The summed E-state index contributed by atoms with van der Waals surface area (Å²) in [6, 6.07) is 7.38. The molecule has 1 atom stereocenters. The standard InChI is InChI=1S/C14H17ClN2O2S/c1-10(12-4-5-13(15)20-12)16-11-3-6-14(18)17(9-11)7-8-19-2/h3-6,9-10,16H,7-8H2,1-2H3. The summed E-state index contributed by atoms with van der Waals surface area (Å²) in [5.41, 5.74) is 0.872. The third-order valence-electron chi connectivity index (χ3n) is 2.92. The molecule has 0 fully saturated rings. The minimum absolute atomic E-state index is 0.0283. The van der Waals surface area contributed by atoms with Crippen molar-refractivity contribution in [3.63, 3.8) is 0 Å². The van der Waals surface area contributed by atoms with Crippen LogP contribution in [0.3, 0.4) is 0 Å². The maximum atomic E-state index is 11.7. The molecular weight excluding hydrogens is 296 g/mol. The van der Waals surface area contributed by atoms with Gasteiger partial charge >= 0.3 is 0 Å². The van der Waals surface area contributed by atoms with Gasteiger partial charge in [0.15, 0.2) is 0 Å². The maximum Gasteiger partial charge on any atom is 0.250 e. The molecule has 108 valence electrons. The second-order valence-electron chi connectivity index (χ2n) is 4.45. The summed E-state index contributed by atoms with van der Waals surface area (Å²) in [5.74, 6) is 0. The van der Waals surface area contributed by atoms with E-state index in [1.807, 2.05) is 18.3 Å². The van der Waals surface area contributed by atoms with E-state index in [4.69, 9.17) is 16.3 Å². The molecule has 0 aliphatic carbocycles. The Morgan fingerprint density at radius 3 is 2.85 bits per heavy atom. The predicted octanol–water partition coefficient (Wildman–Crippen LogP) is 3.38. The van der Waals surface area contributed by atoms with E-state index < -0.39 is 0 Å². The normalized spacial score (nSPS) is 12.3. The average Bonchev–Trinajstić information content (AvgIpc) is 2.86. The fourth-order valence-electron chi connectivity index (χ4n) is 1.86. The van der Waals surface area contributed by atoms with Crippen molar-refractivity contribution in [3.8, 4) is 0 Å². The molecule has 0 aliphatic heterocycles. The van der Waals surface area contributed by atoms with E-state index in [-0.39, 0.29) is 11.6 Å². The van der Waals surface area contributed by atoms with Gasteiger partial charge in [0, 0.05) is 30.8 Å².